The van der Waals surface area contributed by atoms with Gasteiger partial charge in [0, 0.05) is 11.1 Å². The molecule has 1 heterocycles. The summed E-state index contributed by atoms with van der Waals surface area (Å²) in [5.41, 5.74) is -0.397. The third-order valence-electron chi connectivity index (χ3n) is 3.80. The molecule has 1 atom stereocenters. The lowest BCUT2D eigenvalue weighted by Crippen LogP contribution is -2.31. The summed E-state index contributed by atoms with van der Waals surface area (Å²) >= 11 is 0. The lowest BCUT2D eigenvalue weighted by molar-refractivity contribution is -0.137. The van der Waals surface area contributed by atoms with E-state index in [1.165, 1.54) is 24.3 Å². The Balaban J connectivity index is 1.75. The van der Waals surface area contributed by atoms with Gasteiger partial charge in [-0.05, 0) is 36.4 Å². The summed E-state index contributed by atoms with van der Waals surface area (Å²) in [4.78, 5) is 16.2. The van der Waals surface area contributed by atoms with Crippen LogP contribution in [-0.4, -0.2) is 27.8 Å². The van der Waals surface area contributed by atoms with Crippen molar-refractivity contribution in [2.75, 3.05) is 6.61 Å². The van der Waals surface area contributed by atoms with Gasteiger partial charge in [-0.15, -0.1) is 0 Å². The van der Waals surface area contributed by atoms with Crippen LogP contribution in [0.25, 0.3) is 11.4 Å². The first-order valence-corrected chi connectivity index (χ1v) is 7.96. The number of benzene rings is 2. The highest BCUT2D eigenvalue weighted by Crippen LogP contribution is 2.30. The van der Waals surface area contributed by atoms with E-state index in [2.05, 4.69) is 15.5 Å². The van der Waals surface area contributed by atoms with Gasteiger partial charge in [-0.2, -0.15) is 18.2 Å². The van der Waals surface area contributed by atoms with Crippen LogP contribution in [-0.2, 0) is 6.18 Å². The van der Waals surface area contributed by atoms with Crippen LogP contribution in [0.2, 0.25) is 0 Å². The molecule has 0 saturated heterocycles. The van der Waals surface area contributed by atoms with Crippen molar-refractivity contribution in [1.29, 1.82) is 0 Å². The Kier molecular flexibility index (Phi) is 5.41. The summed E-state index contributed by atoms with van der Waals surface area (Å²) < 4.78 is 55.8. The van der Waals surface area contributed by atoms with Crippen LogP contribution < -0.4 is 5.32 Å². The molecular weight excluding hydrogens is 382 g/mol. The van der Waals surface area contributed by atoms with Gasteiger partial charge in [0.2, 0.25) is 5.82 Å². The number of aliphatic hydroxyl groups excluding tert-OH is 1. The van der Waals surface area contributed by atoms with Crippen molar-refractivity contribution in [3.05, 3.63) is 71.4 Å². The Morgan fingerprint density at radius 1 is 1.11 bits per heavy atom. The van der Waals surface area contributed by atoms with Gasteiger partial charge in [-0.25, -0.2) is 4.39 Å². The van der Waals surface area contributed by atoms with Crippen molar-refractivity contribution in [1.82, 2.24) is 15.5 Å². The molecule has 0 fully saturated rings. The molecule has 0 radical (unpaired) electrons. The largest absolute Gasteiger partial charge is 0.416 e. The Labute approximate surface area is 155 Å². The number of carbonyl (C=O) groups excluding carboxylic acids is 1. The summed E-state index contributed by atoms with van der Waals surface area (Å²) in [6, 6.07) is 7.83. The maximum atomic E-state index is 12.9. The fourth-order valence-corrected chi connectivity index (χ4v) is 2.33. The number of nitrogens with zero attached hydrogens (tertiary/aromatic N) is 2. The molecule has 1 amide bonds. The van der Waals surface area contributed by atoms with Crippen molar-refractivity contribution < 1.29 is 32.0 Å². The number of hydrogen-bond donors (Lipinski definition) is 2. The summed E-state index contributed by atoms with van der Waals surface area (Å²) in [5, 5.41) is 15.6. The number of halogens is 4. The third kappa shape index (κ3) is 4.34. The zero-order valence-corrected chi connectivity index (χ0v) is 14.1. The highest BCUT2D eigenvalue weighted by Gasteiger charge is 2.30. The molecule has 2 N–H and O–H groups in total. The van der Waals surface area contributed by atoms with Crippen LogP contribution >= 0.6 is 0 Å². The van der Waals surface area contributed by atoms with Gasteiger partial charge in [-0.1, -0.05) is 17.3 Å². The maximum absolute atomic E-state index is 12.9. The summed E-state index contributed by atoms with van der Waals surface area (Å²) in [5.74, 6) is -1.24. The van der Waals surface area contributed by atoms with Gasteiger partial charge in [0.1, 0.15) is 11.9 Å². The second-order valence-electron chi connectivity index (χ2n) is 5.75. The molecule has 1 unspecified atom stereocenters. The van der Waals surface area contributed by atoms with E-state index in [1.807, 2.05) is 0 Å². The van der Waals surface area contributed by atoms with Gasteiger partial charge in [-0.3, -0.25) is 4.79 Å². The summed E-state index contributed by atoms with van der Waals surface area (Å²) in [6.07, 6.45) is -4.46. The fourth-order valence-electron chi connectivity index (χ4n) is 2.33. The zero-order chi connectivity index (χ0) is 20.3. The number of alkyl halides is 3. The number of carbonyl (C=O) groups is 1. The molecule has 0 aliphatic carbocycles. The van der Waals surface area contributed by atoms with Gasteiger partial charge in [0.05, 0.1) is 12.2 Å². The Bertz CT molecular complexity index is 953. The second-order valence-corrected chi connectivity index (χ2v) is 5.75. The number of aliphatic hydroxyl groups is 1. The van der Waals surface area contributed by atoms with E-state index in [4.69, 9.17) is 4.52 Å². The monoisotopic (exact) mass is 395 g/mol. The Morgan fingerprint density at radius 2 is 1.75 bits per heavy atom. The SMILES string of the molecule is O=C(NC(CO)c1nc(-c2ccc(C(F)(F)F)cc2)no1)c1ccc(F)cc1. The lowest BCUT2D eigenvalue weighted by Gasteiger charge is -2.12. The average Bonchev–Trinajstić information content (AvgIpc) is 3.16. The molecule has 0 aliphatic rings. The highest BCUT2D eigenvalue weighted by molar-refractivity contribution is 5.94. The van der Waals surface area contributed by atoms with Crippen molar-refractivity contribution in [3.8, 4) is 11.4 Å². The van der Waals surface area contributed by atoms with Crippen LogP contribution in [0.15, 0.2) is 53.1 Å². The van der Waals surface area contributed by atoms with Gasteiger partial charge in [0.25, 0.3) is 11.8 Å². The van der Waals surface area contributed by atoms with Crippen molar-refractivity contribution in [2.45, 2.75) is 12.2 Å². The van der Waals surface area contributed by atoms with Gasteiger partial charge >= 0.3 is 6.18 Å². The van der Waals surface area contributed by atoms with E-state index in [9.17, 15) is 27.5 Å². The van der Waals surface area contributed by atoms with E-state index >= 15 is 0 Å². The summed E-state index contributed by atoms with van der Waals surface area (Å²) in [7, 11) is 0. The number of amides is 1. The van der Waals surface area contributed by atoms with E-state index < -0.39 is 36.1 Å². The standard InChI is InChI=1S/C18H13F4N3O3/c19-13-7-3-11(4-8-13)16(27)23-14(9-26)17-24-15(25-28-17)10-1-5-12(6-2-10)18(20,21)22/h1-8,14,26H,9H2,(H,23,27). The Hall–Kier alpha value is -3.27. The molecule has 0 saturated carbocycles. The van der Waals surface area contributed by atoms with Crippen LogP contribution in [0.3, 0.4) is 0 Å². The zero-order valence-electron chi connectivity index (χ0n) is 14.1. The molecule has 2 aromatic carbocycles. The number of nitrogens with one attached hydrogen (secondary N) is 1. The highest BCUT2D eigenvalue weighted by atomic mass is 19.4. The summed E-state index contributed by atoms with van der Waals surface area (Å²) in [6.45, 7) is -0.568. The van der Waals surface area contributed by atoms with Crippen LogP contribution in [0.1, 0.15) is 27.9 Å². The Morgan fingerprint density at radius 3 is 2.32 bits per heavy atom. The smallest absolute Gasteiger partial charge is 0.394 e. The quantitative estimate of drug-likeness (QED) is 0.647. The molecule has 146 valence electrons. The van der Waals surface area contributed by atoms with Crippen LogP contribution in [0, 0.1) is 5.82 Å². The molecule has 3 aromatic rings. The van der Waals surface area contributed by atoms with E-state index in [1.54, 1.807) is 0 Å². The number of rotatable bonds is 5. The van der Waals surface area contributed by atoms with Crippen molar-refractivity contribution in [3.63, 3.8) is 0 Å². The minimum atomic E-state index is -4.46. The third-order valence-corrected chi connectivity index (χ3v) is 3.80. The molecule has 10 heteroatoms. The van der Waals surface area contributed by atoms with E-state index in [0.717, 1.165) is 24.3 Å². The first-order valence-electron chi connectivity index (χ1n) is 7.96. The van der Waals surface area contributed by atoms with E-state index in [0.29, 0.717) is 0 Å². The van der Waals surface area contributed by atoms with E-state index in [-0.39, 0.29) is 22.8 Å². The lowest BCUT2D eigenvalue weighted by atomic mass is 10.1. The molecule has 28 heavy (non-hydrogen) atoms. The van der Waals surface area contributed by atoms with Crippen LogP contribution in [0.4, 0.5) is 17.6 Å². The number of hydrogen-bond acceptors (Lipinski definition) is 5. The first kappa shape index (κ1) is 19.5. The topological polar surface area (TPSA) is 88.2 Å². The van der Waals surface area contributed by atoms with Crippen molar-refractivity contribution >= 4 is 5.91 Å². The van der Waals surface area contributed by atoms with Gasteiger partial charge < -0.3 is 14.9 Å². The van der Waals surface area contributed by atoms with Crippen LogP contribution in [0.5, 0.6) is 0 Å². The van der Waals surface area contributed by atoms with Gasteiger partial charge in [0.15, 0.2) is 0 Å². The average molecular weight is 395 g/mol. The second kappa shape index (κ2) is 7.77. The fraction of sp³-hybridized carbons (Fsp3) is 0.167. The molecule has 0 spiro atoms. The molecule has 1 aromatic heterocycles. The molecule has 6 nitrogen and oxygen atoms in total. The van der Waals surface area contributed by atoms with Crippen molar-refractivity contribution in [2.24, 2.45) is 0 Å². The first-order chi connectivity index (χ1) is 13.3. The number of aromatic nitrogens is 2. The molecular formula is C18H13F4N3O3. The molecule has 3 rings (SSSR count). The molecule has 0 aliphatic heterocycles. The maximum Gasteiger partial charge on any atom is 0.416 e. The minimum Gasteiger partial charge on any atom is -0.394 e. The molecule has 0 bridgehead atoms. The normalized spacial score (nSPS) is 12.6. The minimum absolute atomic E-state index is 0.00166. The predicted molar refractivity (Wildman–Crippen MR) is 88.4 cm³/mol. The predicted octanol–water partition coefficient (Wildman–Crippen LogP) is 3.36.